The van der Waals surface area contributed by atoms with Gasteiger partial charge in [0.25, 0.3) is 0 Å². The number of hydrogen-bond acceptors (Lipinski definition) is 7. The van der Waals surface area contributed by atoms with E-state index in [1.807, 2.05) is 13.0 Å². The number of thiocarbonyl (C=S) groups is 1. The average molecular weight is 537 g/mol. The van der Waals surface area contributed by atoms with Gasteiger partial charge >= 0.3 is 0 Å². The Labute approximate surface area is 212 Å². The molecule has 0 saturated carbocycles. The third-order valence-electron chi connectivity index (χ3n) is 4.51. The Hall–Kier alpha value is -2.59. The molecule has 0 aliphatic rings. The first-order valence-electron chi connectivity index (χ1n) is 9.71. The molecule has 0 saturated heterocycles. The van der Waals surface area contributed by atoms with Crippen molar-refractivity contribution in [3.8, 4) is 34.5 Å². The molecule has 3 N–H and O–H groups in total. The highest BCUT2D eigenvalue weighted by Crippen LogP contribution is 2.32. The summed E-state index contributed by atoms with van der Waals surface area (Å²) >= 11 is 12.7. The van der Waals surface area contributed by atoms with E-state index >= 15 is 0 Å². The van der Waals surface area contributed by atoms with Gasteiger partial charge in [-0.1, -0.05) is 41.5 Å². The van der Waals surface area contributed by atoms with E-state index in [9.17, 15) is 13.6 Å². The van der Waals surface area contributed by atoms with Gasteiger partial charge in [0.15, 0.2) is 4.32 Å². The van der Waals surface area contributed by atoms with Crippen LogP contribution in [-0.4, -0.2) is 52.2 Å². The van der Waals surface area contributed by atoms with Gasteiger partial charge in [-0.15, -0.1) is 0 Å². The number of sulfonamides is 1. The number of nitrogens with zero attached hydrogens (tertiary/aromatic N) is 3. The van der Waals surface area contributed by atoms with Crippen LogP contribution in [0.4, 0.5) is 0 Å². The molecule has 0 fully saturated rings. The molecule has 0 bridgehead atoms. The largest absolute Gasteiger partial charge is 0.495 e. The van der Waals surface area contributed by atoms with Gasteiger partial charge in [0, 0.05) is 18.7 Å². The Morgan fingerprint density at radius 2 is 1.97 bits per heavy atom. The number of hydrogen-bond donors (Lipinski definition) is 2. The summed E-state index contributed by atoms with van der Waals surface area (Å²) < 4.78 is 30.4. The number of methoxy groups -OCH3 is 1. The topological polar surface area (TPSA) is 111 Å². The van der Waals surface area contributed by atoms with Gasteiger partial charge in [-0.2, -0.15) is 5.10 Å². The Morgan fingerprint density at radius 1 is 1.29 bits per heavy atom. The smallest absolute Gasteiger partial charge is 0.238 e. The normalized spacial score (nSPS) is 11.9. The predicted octanol–water partition coefficient (Wildman–Crippen LogP) is 3.93. The highest BCUT2D eigenvalue weighted by atomic mass is 35.5. The summed E-state index contributed by atoms with van der Waals surface area (Å²) in [4.78, 5) is -0.00636. The number of primary sulfonamides is 1. The zero-order valence-electron chi connectivity index (χ0n) is 18.4. The van der Waals surface area contributed by atoms with E-state index in [1.54, 1.807) is 35.0 Å². The molecular weight excluding hydrogens is 516 g/mol. The van der Waals surface area contributed by atoms with Crippen molar-refractivity contribution in [2.75, 3.05) is 14.2 Å². The van der Waals surface area contributed by atoms with Gasteiger partial charge in [-0.05, 0) is 55.3 Å². The Morgan fingerprint density at radius 3 is 2.53 bits per heavy atom. The molecule has 178 valence electrons. The fourth-order valence-corrected chi connectivity index (χ4v) is 4.66. The number of thioether (sulfide) groups is 1. The van der Waals surface area contributed by atoms with Crippen LogP contribution >= 0.6 is 35.6 Å². The minimum atomic E-state index is -3.82. The molecule has 2 aromatic carbocycles. The van der Waals surface area contributed by atoms with E-state index in [0.717, 1.165) is 10.6 Å². The van der Waals surface area contributed by atoms with Crippen molar-refractivity contribution in [1.29, 1.82) is 0 Å². The molecule has 1 aromatic heterocycles. The summed E-state index contributed by atoms with van der Waals surface area (Å²) in [7, 11) is -0.842. The van der Waals surface area contributed by atoms with Gasteiger partial charge in [0.05, 0.1) is 33.7 Å². The molecule has 1 heterocycles. The fourth-order valence-electron chi connectivity index (χ4n) is 2.88. The standard InChI is InChI=1S/C22H21ClN4O4S3/c1-14(33-22(32)26(2)28)4-6-16-13-20(15-5-11-21(31-3)19(23)12-15)27(25-16)17-7-9-18(10-8-17)34(24,29)30/h5,7-14,28H,1-3H3,(H2,24,29,30). The van der Waals surface area contributed by atoms with Crippen molar-refractivity contribution in [3.63, 3.8) is 0 Å². The van der Waals surface area contributed by atoms with E-state index < -0.39 is 10.0 Å². The van der Waals surface area contributed by atoms with Crippen LogP contribution in [0.5, 0.6) is 5.75 Å². The lowest BCUT2D eigenvalue weighted by atomic mass is 10.1. The van der Waals surface area contributed by atoms with Crippen LogP contribution in [0.25, 0.3) is 16.9 Å². The number of aromatic nitrogens is 2. The lowest BCUT2D eigenvalue weighted by Gasteiger charge is -2.11. The summed E-state index contributed by atoms with van der Waals surface area (Å²) in [5.74, 6) is 6.61. The van der Waals surface area contributed by atoms with Crippen LogP contribution in [0.1, 0.15) is 12.6 Å². The van der Waals surface area contributed by atoms with E-state index in [4.69, 9.17) is 33.7 Å². The van der Waals surface area contributed by atoms with E-state index in [0.29, 0.717) is 32.2 Å². The summed E-state index contributed by atoms with van der Waals surface area (Å²) in [5, 5.41) is 20.3. The second-order valence-electron chi connectivity index (χ2n) is 7.03. The third-order valence-corrected chi connectivity index (χ3v) is 7.23. The molecule has 1 unspecified atom stereocenters. The first-order valence-corrected chi connectivity index (χ1v) is 12.9. The summed E-state index contributed by atoms with van der Waals surface area (Å²) in [6.45, 7) is 1.86. The average Bonchev–Trinajstić information content (AvgIpc) is 3.21. The molecule has 8 nitrogen and oxygen atoms in total. The quantitative estimate of drug-likeness (QED) is 0.287. The zero-order chi connectivity index (χ0) is 25.0. The molecule has 34 heavy (non-hydrogen) atoms. The molecule has 3 aromatic rings. The predicted molar refractivity (Wildman–Crippen MR) is 138 cm³/mol. The maximum atomic E-state index is 11.6. The second-order valence-corrected chi connectivity index (χ2v) is 11.0. The number of nitrogens with two attached hydrogens (primary N) is 1. The summed E-state index contributed by atoms with van der Waals surface area (Å²) in [6, 6.07) is 13.2. The van der Waals surface area contributed by atoms with Crippen molar-refractivity contribution < 1.29 is 18.4 Å². The molecule has 0 aliphatic carbocycles. The van der Waals surface area contributed by atoms with Crippen molar-refractivity contribution in [1.82, 2.24) is 14.8 Å². The van der Waals surface area contributed by atoms with E-state index in [2.05, 4.69) is 16.9 Å². The first kappa shape index (κ1) is 26.0. The number of rotatable bonds is 5. The molecule has 0 amide bonds. The third kappa shape index (κ3) is 6.29. The van der Waals surface area contributed by atoms with Crippen molar-refractivity contribution in [2.24, 2.45) is 5.14 Å². The number of ether oxygens (including phenoxy) is 1. The van der Waals surface area contributed by atoms with Gasteiger partial charge in [0.2, 0.25) is 10.0 Å². The van der Waals surface area contributed by atoms with Crippen LogP contribution in [0.3, 0.4) is 0 Å². The molecule has 12 heteroatoms. The van der Waals surface area contributed by atoms with Crippen LogP contribution in [0, 0.1) is 11.8 Å². The number of hydroxylamine groups is 2. The van der Waals surface area contributed by atoms with Crippen LogP contribution in [-0.2, 0) is 10.0 Å². The lowest BCUT2D eigenvalue weighted by molar-refractivity contribution is 0.0205. The highest BCUT2D eigenvalue weighted by molar-refractivity contribution is 8.23. The summed E-state index contributed by atoms with van der Waals surface area (Å²) in [6.07, 6.45) is 0. The Balaban J connectivity index is 2.05. The second kappa shape index (κ2) is 10.8. The maximum absolute atomic E-state index is 11.6. The van der Waals surface area contributed by atoms with Gasteiger partial charge in [-0.3, -0.25) is 5.21 Å². The molecular formula is C22H21ClN4O4S3. The molecule has 0 radical (unpaired) electrons. The van der Waals surface area contributed by atoms with Gasteiger partial charge in [0.1, 0.15) is 11.4 Å². The minimum absolute atomic E-state index is 0.00636. The molecule has 3 rings (SSSR count). The van der Waals surface area contributed by atoms with Gasteiger partial charge < -0.3 is 4.74 Å². The SMILES string of the molecule is COc1ccc(-c2cc(C#CC(C)SC(=S)N(C)O)nn2-c2ccc(S(N)(=O)=O)cc2)cc1Cl. The highest BCUT2D eigenvalue weighted by Gasteiger charge is 2.15. The van der Waals surface area contributed by atoms with E-state index in [1.165, 1.54) is 38.1 Å². The van der Waals surface area contributed by atoms with Crippen LogP contribution in [0.15, 0.2) is 53.4 Å². The monoisotopic (exact) mass is 536 g/mol. The van der Waals surface area contributed by atoms with Crippen LogP contribution in [0.2, 0.25) is 5.02 Å². The van der Waals surface area contributed by atoms with Crippen LogP contribution < -0.4 is 9.88 Å². The fraction of sp³-hybridized carbons (Fsp3) is 0.182. The summed E-state index contributed by atoms with van der Waals surface area (Å²) in [5.41, 5.74) is 2.52. The Bertz CT molecular complexity index is 1380. The minimum Gasteiger partial charge on any atom is -0.495 e. The maximum Gasteiger partial charge on any atom is 0.238 e. The number of halogens is 1. The van der Waals surface area contributed by atoms with E-state index in [-0.39, 0.29) is 10.1 Å². The van der Waals surface area contributed by atoms with Gasteiger partial charge in [-0.25, -0.2) is 23.3 Å². The Kier molecular flexibility index (Phi) is 8.25. The van der Waals surface area contributed by atoms with Crippen molar-refractivity contribution in [2.45, 2.75) is 17.1 Å². The number of benzene rings is 2. The molecule has 0 aliphatic heterocycles. The van der Waals surface area contributed by atoms with Crippen molar-refractivity contribution in [3.05, 3.63) is 59.2 Å². The zero-order valence-corrected chi connectivity index (χ0v) is 21.6. The molecule has 1 atom stereocenters. The molecule has 0 spiro atoms. The first-order chi connectivity index (χ1) is 16.0. The van der Waals surface area contributed by atoms with Crippen molar-refractivity contribution >= 4 is 49.9 Å². The lowest BCUT2D eigenvalue weighted by Crippen LogP contribution is -2.18.